The Morgan fingerprint density at radius 3 is 2.17 bits per heavy atom. The molecule has 1 aliphatic rings. The molecular formula is C32H39FN4O5. The summed E-state index contributed by atoms with van der Waals surface area (Å²) in [5.74, 6) is 0.0919. The second kappa shape index (κ2) is 14.5. The molecule has 0 saturated heterocycles. The molecule has 42 heavy (non-hydrogen) atoms. The lowest BCUT2D eigenvalue weighted by Gasteiger charge is -2.26. The summed E-state index contributed by atoms with van der Waals surface area (Å²) in [6, 6.07) is 9.28. The van der Waals surface area contributed by atoms with E-state index in [9.17, 15) is 4.79 Å². The highest BCUT2D eigenvalue weighted by molar-refractivity contribution is 6.06. The molecule has 2 aromatic rings. The number of hydrogen-bond donors (Lipinski definition) is 1. The lowest BCUT2D eigenvalue weighted by molar-refractivity contribution is 0.0962. The molecule has 224 valence electrons. The predicted molar refractivity (Wildman–Crippen MR) is 156 cm³/mol. The maximum Gasteiger partial charge on any atom is 0.197 e. The zero-order chi connectivity index (χ0) is 30.9. The SMILES string of the molecule is CCOc1cc2c(c(F)c1OCC)C(=N)N(CC(=O)c1cc(OCCCC#N)c(OCCCC#N)c(C(C)(C)C)c1)C2. The van der Waals surface area contributed by atoms with E-state index in [0.717, 1.165) is 5.56 Å². The van der Waals surface area contributed by atoms with Gasteiger partial charge in [0.05, 0.1) is 50.7 Å². The van der Waals surface area contributed by atoms with Crippen LogP contribution >= 0.6 is 0 Å². The lowest BCUT2D eigenvalue weighted by atomic mass is 9.84. The molecular weight excluding hydrogens is 539 g/mol. The van der Waals surface area contributed by atoms with E-state index in [1.54, 1.807) is 32.0 Å². The Bertz CT molecular complexity index is 1390. The second-order valence-corrected chi connectivity index (χ2v) is 10.9. The van der Waals surface area contributed by atoms with Crippen LogP contribution in [0.3, 0.4) is 0 Å². The summed E-state index contributed by atoms with van der Waals surface area (Å²) in [5, 5.41) is 26.5. The topological polar surface area (TPSA) is 129 Å². The molecule has 2 aromatic carbocycles. The fraction of sp³-hybridized carbons (Fsp3) is 0.500. The number of ketones is 1. The third-order valence-corrected chi connectivity index (χ3v) is 6.66. The molecule has 0 bridgehead atoms. The van der Waals surface area contributed by atoms with Crippen molar-refractivity contribution >= 4 is 11.6 Å². The first kappa shape index (κ1) is 32.2. The van der Waals surface area contributed by atoms with Crippen LogP contribution < -0.4 is 18.9 Å². The van der Waals surface area contributed by atoms with Crippen molar-refractivity contribution in [2.75, 3.05) is 33.0 Å². The van der Waals surface area contributed by atoms with E-state index in [1.807, 2.05) is 20.8 Å². The van der Waals surface area contributed by atoms with E-state index in [1.165, 1.54) is 4.90 Å². The minimum absolute atomic E-state index is 0.0330. The number of halogens is 1. The van der Waals surface area contributed by atoms with Crippen LogP contribution in [0.2, 0.25) is 0 Å². The fourth-order valence-corrected chi connectivity index (χ4v) is 4.66. The van der Waals surface area contributed by atoms with Gasteiger partial charge in [0.1, 0.15) is 5.84 Å². The Labute approximate surface area is 247 Å². The average Bonchev–Trinajstić information content (AvgIpc) is 3.25. The molecule has 1 aliphatic heterocycles. The zero-order valence-corrected chi connectivity index (χ0v) is 25.1. The number of nitrogens with zero attached hydrogens (tertiary/aromatic N) is 3. The van der Waals surface area contributed by atoms with Gasteiger partial charge < -0.3 is 23.8 Å². The van der Waals surface area contributed by atoms with Crippen molar-refractivity contribution in [3.8, 4) is 35.1 Å². The van der Waals surface area contributed by atoms with Crippen LogP contribution in [0.4, 0.5) is 4.39 Å². The molecule has 0 fully saturated rings. The maximum absolute atomic E-state index is 15.5. The smallest absolute Gasteiger partial charge is 0.197 e. The van der Waals surface area contributed by atoms with Gasteiger partial charge in [-0.3, -0.25) is 10.2 Å². The summed E-state index contributed by atoms with van der Waals surface area (Å²) in [5.41, 5.74) is 1.36. The molecule has 0 unspecified atom stereocenters. The zero-order valence-electron chi connectivity index (χ0n) is 25.1. The third-order valence-electron chi connectivity index (χ3n) is 6.66. The minimum atomic E-state index is -0.668. The normalized spacial score (nSPS) is 12.4. The highest BCUT2D eigenvalue weighted by Gasteiger charge is 2.34. The fourth-order valence-electron chi connectivity index (χ4n) is 4.66. The third kappa shape index (κ3) is 7.50. The van der Waals surface area contributed by atoms with E-state index in [4.69, 9.17) is 34.9 Å². The Kier molecular flexibility index (Phi) is 11.2. The Balaban J connectivity index is 1.94. The molecule has 0 aliphatic carbocycles. The number of benzene rings is 2. The molecule has 0 amide bonds. The Hall–Kier alpha value is -4.31. The van der Waals surface area contributed by atoms with Gasteiger partial charge in [0.2, 0.25) is 0 Å². The monoisotopic (exact) mass is 578 g/mol. The van der Waals surface area contributed by atoms with Crippen molar-refractivity contribution in [2.24, 2.45) is 0 Å². The van der Waals surface area contributed by atoms with Gasteiger partial charge in [-0.05, 0) is 55.9 Å². The van der Waals surface area contributed by atoms with Gasteiger partial charge in [-0.15, -0.1) is 0 Å². The van der Waals surface area contributed by atoms with Crippen LogP contribution in [0, 0.1) is 33.9 Å². The molecule has 1 N–H and O–H groups in total. The molecule has 1 heterocycles. The van der Waals surface area contributed by atoms with E-state index >= 15 is 4.39 Å². The van der Waals surface area contributed by atoms with Crippen LogP contribution in [0.5, 0.6) is 23.0 Å². The summed E-state index contributed by atoms with van der Waals surface area (Å²) in [7, 11) is 0. The molecule has 0 aromatic heterocycles. The molecule has 10 heteroatoms. The van der Waals surface area contributed by atoms with Crippen LogP contribution in [0.1, 0.15) is 87.4 Å². The van der Waals surface area contributed by atoms with Gasteiger partial charge in [-0.2, -0.15) is 10.5 Å². The van der Waals surface area contributed by atoms with E-state index in [2.05, 4.69) is 12.1 Å². The number of hydrogen-bond acceptors (Lipinski definition) is 8. The summed E-state index contributed by atoms with van der Waals surface area (Å²) < 4.78 is 38.7. The average molecular weight is 579 g/mol. The van der Waals surface area contributed by atoms with Crippen LogP contribution in [-0.2, 0) is 12.0 Å². The number of Topliss-reactive ketones (excluding diaryl/α,β-unsaturated/α-hetero) is 1. The lowest BCUT2D eigenvalue weighted by Crippen LogP contribution is -2.30. The predicted octanol–water partition coefficient (Wildman–Crippen LogP) is 6.31. The number of nitrogens with one attached hydrogen (secondary N) is 1. The number of unbranched alkanes of at least 4 members (excludes halogenated alkanes) is 2. The van der Waals surface area contributed by atoms with Crippen molar-refractivity contribution in [3.63, 3.8) is 0 Å². The number of carbonyl (C=O) groups excluding carboxylic acids is 1. The second-order valence-electron chi connectivity index (χ2n) is 10.9. The van der Waals surface area contributed by atoms with Crippen molar-refractivity contribution in [2.45, 2.75) is 72.3 Å². The number of carbonyl (C=O) groups is 1. The summed E-state index contributed by atoms with van der Waals surface area (Å²) >= 11 is 0. The first-order valence-electron chi connectivity index (χ1n) is 14.2. The van der Waals surface area contributed by atoms with E-state index in [0.29, 0.717) is 61.5 Å². The number of nitriles is 2. The van der Waals surface area contributed by atoms with E-state index < -0.39 is 11.2 Å². The number of ether oxygens (including phenoxy) is 4. The maximum atomic E-state index is 15.5. The first-order valence-corrected chi connectivity index (χ1v) is 14.2. The van der Waals surface area contributed by atoms with Crippen molar-refractivity contribution in [1.29, 1.82) is 15.9 Å². The first-order chi connectivity index (χ1) is 20.1. The van der Waals surface area contributed by atoms with Crippen molar-refractivity contribution in [3.05, 3.63) is 46.3 Å². The number of fused-ring (bicyclic) bond motifs is 1. The Morgan fingerprint density at radius 2 is 1.57 bits per heavy atom. The number of amidine groups is 1. The quantitative estimate of drug-likeness (QED) is 0.192. The largest absolute Gasteiger partial charge is 0.490 e. The van der Waals surface area contributed by atoms with Crippen LogP contribution in [-0.4, -0.2) is 49.5 Å². The highest BCUT2D eigenvalue weighted by Crippen LogP contribution is 2.41. The standard InChI is InChI=1S/C32H39FN4O5/c1-6-39-26-18-22-19-37(31(36)27(22)28(33)30(26)40-7-2)20-24(38)21-16-23(32(3,4)5)29(42-15-11-9-13-35)25(17-21)41-14-10-8-12-34/h16-18,36H,6-11,14-15,19-20H2,1-5H3. The summed E-state index contributed by atoms with van der Waals surface area (Å²) in [6.07, 6.45) is 1.73. The molecule has 3 rings (SSSR count). The van der Waals surface area contributed by atoms with Crippen LogP contribution in [0.25, 0.3) is 0 Å². The van der Waals surface area contributed by atoms with Crippen molar-refractivity contribution in [1.82, 2.24) is 4.90 Å². The molecule has 0 spiro atoms. The summed E-state index contributed by atoms with van der Waals surface area (Å²) in [6.45, 7) is 10.7. The molecule has 0 saturated carbocycles. The van der Waals surface area contributed by atoms with Gasteiger partial charge >= 0.3 is 0 Å². The van der Waals surface area contributed by atoms with E-state index in [-0.39, 0.29) is 55.0 Å². The minimum Gasteiger partial charge on any atom is -0.490 e. The van der Waals surface area contributed by atoms with Gasteiger partial charge in [-0.1, -0.05) is 20.8 Å². The number of rotatable bonds is 15. The van der Waals surface area contributed by atoms with Crippen molar-refractivity contribution < 1.29 is 28.1 Å². The van der Waals surface area contributed by atoms with Gasteiger partial charge in [0.15, 0.2) is 34.6 Å². The van der Waals surface area contributed by atoms with Crippen LogP contribution in [0.15, 0.2) is 18.2 Å². The summed E-state index contributed by atoms with van der Waals surface area (Å²) in [4.78, 5) is 15.2. The molecule has 9 nitrogen and oxygen atoms in total. The molecule has 0 atom stereocenters. The molecule has 0 radical (unpaired) electrons. The highest BCUT2D eigenvalue weighted by atomic mass is 19.1. The Morgan fingerprint density at radius 1 is 0.952 bits per heavy atom. The van der Waals surface area contributed by atoms with Gasteiger partial charge in [0.25, 0.3) is 0 Å². The van der Waals surface area contributed by atoms with Gasteiger partial charge in [0, 0.05) is 30.5 Å². The van der Waals surface area contributed by atoms with Gasteiger partial charge in [-0.25, -0.2) is 4.39 Å².